The summed E-state index contributed by atoms with van der Waals surface area (Å²) in [5.74, 6) is 1.86. The number of nitrogens with zero attached hydrogens (tertiary/aromatic N) is 2. The van der Waals surface area contributed by atoms with Gasteiger partial charge in [-0.3, -0.25) is 4.79 Å². The highest BCUT2D eigenvalue weighted by Gasteiger charge is 2.18. The highest BCUT2D eigenvalue weighted by atomic mass is 32.2. The zero-order valence-electron chi connectivity index (χ0n) is 15.0. The first-order valence-corrected chi connectivity index (χ1v) is 9.34. The molecule has 0 saturated carbocycles. The lowest BCUT2D eigenvalue weighted by molar-refractivity contribution is 0.102. The van der Waals surface area contributed by atoms with Gasteiger partial charge in [-0.05, 0) is 32.4 Å². The summed E-state index contributed by atoms with van der Waals surface area (Å²) >= 11 is 1.51. The third kappa shape index (κ3) is 4.05. The standard InChI is InChI=1S/C19H21N3O3S/c1-12-13(2)25-18-15(12)16(20-17(23)14-8-5-4-6-9-14)21-19(22-18)26-11-7-10-24-3/h4-6,8-9H,7,10-11H2,1-3H3,(H,20,21,22,23). The van der Waals surface area contributed by atoms with Gasteiger partial charge in [-0.15, -0.1) is 0 Å². The zero-order valence-corrected chi connectivity index (χ0v) is 15.9. The Bertz CT molecular complexity index is 909. The van der Waals surface area contributed by atoms with Gasteiger partial charge in [0.25, 0.3) is 5.91 Å². The summed E-state index contributed by atoms with van der Waals surface area (Å²) in [4.78, 5) is 21.6. The topological polar surface area (TPSA) is 77.2 Å². The molecular weight excluding hydrogens is 350 g/mol. The molecule has 1 amide bonds. The van der Waals surface area contributed by atoms with E-state index in [4.69, 9.17) is 9.15 Å². The van der Waals surface area contributed by atoms with E-state index in [-0.39, 0.29) is 5.91 Å². The Kier molecular flexibility index (Phi) is 5.90. The molecule has 1 N–H and O–H groups in total. The molecule has 0 fully saturated rings. The Morgan fingerprint density at radius 3 is 2.73 bits per heavy atom. The fourth-order valence-electron chi connectivity index (χ4n) is 2.52. The molecule has 0 bridgehead atoms. The lowest BCUT2D eigenvalue weighted by Crippen LogP contribution is -2.13. The van der Waals surface area contributed by atoms with Gasteiger partial charge in [0.15, 0.2) is 5.16 Å². The zero-order chi connectivity index (χ0) is 18.5. The Labute approximate surface area is 156 Å². The van der Waals surface area contributed by atoms with Gasteiger partial charge in [0.2, 0.25) is 5.71 Å². The fraction of sp³-hybridized carbons (Fsp3) is 0.316. The lowest BCUT2D eigenvalue weighted by atomic mass is 10.2. The third-order valence-corrected chi connectivity index (χ3v) is 4.93. The molecule has 0 aliphatic rings. The summed E-state index contributed by atoms with van der Waals surface area (Å²) in [5, 5.41) is 4.23. The Hall–Kier alpha value is -2.38. The molecule has 0 unspecified atom stereocenters. The molecule has 0 radical (unpaired) electrons. The lowest BCUT2D eigenvalue weighted by Gasteiger charge is -2.08. The summed E-state index contributed by atoms with van der Waals surface area (Å²) in [7, 11) is 1.68. The predicted molar refractivity (Wildman–Crippen MR) is 103 cm³/mol. The molecule has 7 heteroatoms. The number of carbonyl (C=O) groups is 1. The van der Waals surface area contributed by atoms with Crippen molar-refractivity contribution in [1.29, 1.82) is 0 Å². The van der Waals surface area contributed by atoms with E-state index in [2.05, 4.69) is 15.3 Å². The van der Waals surface area contributed by atoms with Crippen LogP contribution in [0.4, 0.5) is 5.82 Å². The summed E-state index contributed by atoms with van der Waals surface area (Å²) in [6, 6.07) is 9.06. The normalized spacial score (nSPS) is 11.0. The van der Waals surface area contributed by atoms with Crippen molar-refractivity contribution in [2.75, 3.05) is 24.8 Å². The number of nitrogens with one attached hydrogen (secondary N) is 1. The number of furan rings is 1. The molecule has 0 atom stereocenters. The van der Waals surface area contributed by atoms with Crippen LogP contribution in [-0.4, -0.2) is 35.3 Å². The van der Waals surface area contributed by atoms with Crippen LogP contribution in [0.5, 0.6) is 0 Å². The van der Waals surface area contributed by atoms with Crippen LogP contribution in [0, 0.1) is 13.8 Å². The van der Waals surface area contributed by atoms with Crippen LogP contribution in [0.3, 0.4) is 0 Å². The maximum atomic E-state index is 12.6. The molecule has 26 heavy (non-hydrogen) atoms. The number of benzene rings is 1. The minimum atomic E-state index is -0.209. The van der Waals surface area contributed by atoms with Crippen molar-refractivity contribution in [2.45, 2.75) is 25.4 Å². The van der Waals surface area contributed by atoms with Crippen molar-refractivity contribution < 1.29 is 13.9 Å². The molecular formula is C19H21N3O3S. The van der Waals surface area contributed by atoms with Crippen molar-refractivity contribution in [3.8, 4) is 0 Å². The summed E-state index contributed by atoms with van der Waals surface area (Å²) in [6.07, 6.45) is 0.893. The van der Waals surface area contributed by atoms with Gasteiger partial charge >= 0.3 is 0 Å². The number of methoxy groups -OCH3 is 1. The van der Waals surface area contributed by atoms with Crippen LogP contribution in [0.15, 0.2) is 39.9 Å². The summed E-state index contributed by atoms with van der Waals surface area (Å²) in [5.41, 5.74) is 2.00. The molecule has 0 saturated heterocycles. The van der Waals surface area contributed by atoms with Crippen molar-refractivity contribution in [2.24, 2.45) is 0 Å². The molecule has 2 heterocycles. The maximum absolute atomic E-state index is 12.6. The molecule has 2 aromatic heterocycles. The summed E-state index contributed by atoms with van der Waals surface area (Å²) in [6.45, 7) is 4.51. The number of hydrogen-bond donors (Lipinski definition) is 1. The van der Waals surface area contributed by atoms with Crippen LogP contribution in [0.25, 0.3) is 11.1 Å². The number of anilines is 1. The Balaban J connectivity index is 1.92. The minimum absolute atomic E-state index is 0.209. The predicted octanol–water partition coefficient (Wildman–Crippen LogP) is 4.22. The summed E-state index contributed by atoms with van der Waals surface area (Å²) < 4.78 is 10.8. The Morgan fingerprint density at radius 1 is 1.23 bits per heavy atom. The largest absolute Gasteiger partial charge is 0.443 e. The van der Waals surface area contributed by atoms with E-state index in [1.54, 1.807) is 19.2 Å². The van der Waals surface area contributed by atoms with Gasteiger partial charge in [0.1, 0.15) is 11.6 Å². The van der Waals surface area contributed by atoms with E-state index < -0.39 is 0 Å². The van der Waals surface area contributed by atoms with Gasteiger partial charge in [-0.2, -0.15) is 4.98 Å². The smallest absolute Gasteiger partial charge is 0.256 e. The number of ether oxygens (including phenoxy) is 1. The quantitative estimate of drug-likeness (QED) is 0.381. The number of fused-ring (bicyclic) bond motifs is 1. The van der Waals surface area contributed by atoms with Gasteiger partial charge in [-0.1, -0.05) is 30.0 Å². The maximum Gasteiger partial charge on any atom is 0.256 e. The highest BCUT2D eigenvalue weighted by molar-refractivity contribution is 7.99. The molecule has 1 aromatic carbocycles. The van der Waals surface area contributed by atoms with Crippen LogP contribution in [0.1, 0.15) is 28.1 Å². The number of thioether (sulfide) groups is 1. The number of carbonyl (C=O) groups excluding carboxylic acids is 1. The minimum Gasteiger partial charge on any atom is -0.443 e. The van der Waals surface area contributed by atoms with Crippen LogP contribution in [0.2, 0.25) is 0 Å². The molecule has 0 aliphatic heterocycles. The average molecular weight is 371 g/mol. The third-order valence-electron chi connectivity index (χ3n) is 4.00. The first-order valence-electron chi connectivity index (χ1n) is 8.36. The van der Waals surface area contributed by atoms with E-state index in [0.29, 0.717) is 28.9 Å². The van der Waals surface area contributed by atoms with Crippen LogP contribution < -0.4 is 5.32 Å². The molecule has 0 spiro atoms. The SMILES string of the molecule is COCCCSc1nc(NC(=O)c2ccccc2)c2c(C)c(C)oc2n1. The van der Waals surface area contributed by atoms with Crippen LogP contribution in [-0.2, 0) is 4.74 Å². The van der Waals surface area contributed by atoms with E-state index in [9.17, 15) is 4.79 Å². The van der Waals surface area contributed by atoms with Gasteiger partial charge in [0.05, 0.1) is 5.39 Å². The van der Waals surface area contributed by atoms with Crippen molar-refractivity contribution in [3.05, 3.63) is 47.2 Å². The van der Waals surface area contributed by atoms with E-state index in [1.807, 2.05) is 32.0 Å². The second-order valence-corrected chi connectivity index (χ2v) is 6.90. The van der Waals surface area contributed by atoms with Crippen molar-refractivity contribution in [1.82, 2.24) is 9.97 Å². The molecule has 3 rings (SSSR count). The van der Waals surface area contributed by atoms with Gasteiger partial charge in [0, 0.05) is 30.6 Å². The average Bonchev–Trinajstić information content (AvgIpc) is 2.93. The second-order valence-electron chi connectivity index (χ2n) is 5.83. The Morgan fingerprint density at radius 2 is 2.00 bits per heavy atom. The molecule has 6 nitrogen and oxygen atoms in total. The monoisotopic (exact) mass is 371 g/mol. The molecule has 136 valence electrons. The van der Waals surface area contributed by atoms with E-state index in [1.165, 1.54) is 11.8 Å². The molecule has 3 aromatic rings. The number of aryl methyl sites for hydroxylation is 2. The number of aromatic nitrogens is 2. The number of rotatable bonds is 7. The molecule has 0 aliphatic carbocycles. The van der Waals surface area contributed by atoms with Crippen molar-refractivity contribution in [3.63, 3.8) is 0 Å². The van der Waals surface area contributed by atoms with Gasteiger partial charge < -0.3 is 14.5 Å². The number of hydrogen-bond acceptors (Lipinski definition) is 6. The first kappa shape index (κ1) is 18.4. The fourth-order valence-corrected chi connectivity index (χ4v) is 3.27. The first-order chi connectivity index (χ1) is 12.6. The number of amides is 1. The van der Waals surface area contributed by atoms with Crippen LogP contribution >= 0.6 is 11.8 Å². The second kappa shape index (κ2) is 8.33. The van der Waals surface area contributed by atoms with E-state index in [0.717, 1.165) is 28.9 Å². The highest BCUT2D eigenvalue weighted by Crippen LogP contribution is 2.31. The van der Waals surface area contributed by atoms with Gasteiger partial charge in [-0.25, -0.2) is 4.98 Å². The van der Waals surface area contributed by atoms with Crippen molar-refractivity contribution >= 4 is 34.6 Å². The van der Waals surface area contributed by atoms with E-state index >= 15 is 0 Å².